The minimum atomic E-state index is -2.64. The molecule has 0 bridgehead atoms. The van der Waals surface area contributed by atoms with Crippen LogP contribution in [-0.2, 0) is 6.54 Å². The molecule has 0 unspecified atom stereocenters. The molecule has 0 saturated heterocycles. The quantitative estimate of drug-likeness (QED) is 0.888. The Kier molecular flexibility index (Phi) is 5.21. The number of thiophene rings is 1. The third-order valence-electron chi connectivity index (χ3n) is 2.96. The first kappa shape index (κ1) is 16.1. The van der Waals surface area contributed by atoms with Crippen molar-refractivity contribution >= 4 is 23.2 Å². The summed E-state index contributed by atoms with van der Waals surface area (Å²) in [6.45, 7) is -0.592. The molecule has 22 heavy (non-hydrogen) atoms. The number of amides is 2. The lowest BCUT2D eigenvalue weighted by atomic mass is 10.2. The lowest BCUT2D eigenvalue weighted by Crippen LogP contribution is -2.34. The summed E-state index contributed by atoms with van der Waals surface area (Å²) >= 11 is 1.02. The fraction of sp³-hybridized carbons (Fsp3) is 0.200. The van der Waals surface area contributed by atoms with E-state index in [1.165, 1.54) is 11.4 Å². The summed E-state index contributed by atoms with van der Waals surface area (Å²) < 4.78 is 25.5. The van der Waals surface area contributed by atoms with E-state index in [2.05, 4.69) is 0 Å². The van der Waals surface area contributed by atoms with Gasteiger partial charge in [0.05, 0.1) is 17.0 Å². The number of alkyl halides is 2. The highest BCUT2D eigenvalue weighted by Gasteiger charge is 2.22. The summed E-state index contributed by atoms with van der Waals surface area (Å²) in [5.74, 6) is -1.19. The second-order valence-corrected chi connectivity index (χ2v) is 5.54. The van der Waals surface area contributed by atoms with Gasteiger partial charge in [0, 0.05) is 11.9 Å². The normalized spacial score (nSPS) is 10.7. The molecule has 0 aliphatic carbocycles. The fourth-order valence-electron chi connectivity index (χ4n) is 1.92. The van der Waals surface area contributed by atoms with Gasteiger partial charge in [-0.05, 0) is 11.6 Å². The Hall–Kier alpha value is -2.28. The van der Waals surface area contributed by atoms with E-state index >= 15 is 0 Å². The average Bonchev–Trinajstić information content (AvgIpc) is 2.96. The van der Waals surface area contributed by atoms with Crippen molar-refractivity contribution in [2.45, 2.75) is 13.0 Å². The minimum Gasteiger partial charge on any atom is -0.366 e. The van der Waals surface area contributed by atoms with Gasteiger partial charge in [-0.2, -0.15) is 0 Å². The van der Waals surface area contributed by atoms with Crippen molar-refractivity contribution in [1.29, 1.82) is 0 Å². The van der Waals surface area contributed by atoms with Gasteiger partial charge in [0.15, 0.2) is 0 Å². The molecule has 0 fully saturated rings. The van der Waals surface area contributed by atoms with Gasteiger partial charge in [0.25, 0.3) is 12.3 Å². The summed E-state index contributed by atoms with van der Waals surface area (Å²) in [5, 5.41) is 1.44. The van der Waals surface area contributed by atoms with Crippen LogP contribution in [0.2, 0.25) is 0 Å². The fourth-order valence-corrected chi connectivity index (χ4v) is 2.79. The van der Waals surface area contributed by atoms with Crippen molar-refractivity contribution in [3.05, 3.63) is 57.8 Å². The molecule has 2 rings (SSSR count). The maximum absolute atomic E-state index is 12.7. The van der Waals surface area contributed by atoms with E-state index in [-0.39, 0.29) is 17.0 Å². The minimum absolute atomic E-state index is 0.0772. The van der Waals surface area contributed by atoms with Crippen molar-refractivity contribution in [2.75, 3.05) is 6.54 Å². The standard InChI is InChI=1S/C15H14F2N2O2S/c16-13(17)8-19(7-10-4-2-1-3-5-10)15(21)12-6-11(9-22-12)14(18)20/h1-6,9,13H,7-8H2,(H2,18,20). The van der Waals surface area contributed by atoms with E-state index < -0.39 is 24.8 Å². The van der Waals surface area contributed by atoms with E-state index in [4.69, 9.17) is 5.73 Å². The third kappa shape index (κ3) is 4.11. The second kappa shape index (κ2) is 7.13. The lowest BCUT2D eigenvalue weighted by molar-refractivity contribution is 0.0539. The molecule has 0 aliphatic heterocycles. The molecular weight excluding hydrogens is 310 g/mol. The van der Waals surface area contributed by atoms with Crippen LogP contribution >= 0.6 is 11.3 Å². The first-order valence-corrected chi connectivity index (χ1v) is 7.35. The number of carbonyl (C=O) groups is 2. The molecule has 2 N–H and O–H groups in total. The number of nitrogens with two attached hydrogens (primary N) is 1. The van der Waals surface area contributed by atoms with Crippen molar-refractivity contribution in [1.82, 2.24) is 4.90 Å². The van der Waals surface area contributed by atoms with Crippen LogP contribution in [0.15, 0.2) is 41.8 Å². The smallest absolute Gasteiger partial charge is 0.264 e. The molecule has 1 aromatic heterocycles. The Balaban J connectivity index is 2.20. The average molecular weight is 324 g/mol. The largest absolute Gasteiger partial charge is 0.366 e. The monoisotopic (exact) mass is 324 g/mol. The van der Waals surface area contributed by atoms with Gasteiger partial charge in [0.2, 0.25) is 5.91 Å². The van der Waals surface area contributed by atoms with Crippen LogP contribution in [0.1, 0.15) is 25.6 Å². The summed E-state index contributed by atoms with van der Waals surface area (Å²) in [6, 6.07) is 10.2. The van der Waals surface area contributed by atoms with E-state index in [9.17, 15) is 18.4 Å². The van der Waals surface area contributed by atoms with E-state index in [1.807, 2.05) is 0 Å². The summed E-state index contributed by atoms with van der Waals surface area (Å²) in [7, 11) is 0. The third-order valence-corrected chi connectivity index (χ3v) is 3.87. The zero-order valence-corrected chi connectivity index (χ0v) is 12.4. The molecule has 2 aromatic rings. The predicted octanol–water partition coefficient (Wildman–Crippen LogP) is 2.75. The van der Waals surface area contributed by atoms with Crippen LogP contribution in [0.4, 0.5) is 8.78 Å². The maximum atomic E-state index is 12.7. The predicted molar refractivity (Wildman–Crippen MR) is 80.0 cm³/mol. The van der Waals surface area contributed by atoms with Crippen LogP contribution in [-0.4, -0.2) is 29.7 Å². The number of hydrogen-bond donors (Lipinski definition) is 1. The van der Waals surface area contributed by atoms with E-state index in [1.54, 1.807) is 30.3 Å². The Morgan fingerprint density at radius 3 is 2.45 bits per heavy atom. The first-order valence-electron chi connectivity index (χ1n) is 6.47. The van der Waals surface area contributed by atoms with Gasteiger partial charge in [-0.3, -0.25) is 9.59 Å². The van der Waals surface area contributed by atoms with E-state index in [0.29, 0.717) is 0 Å². The molecular formula is C15H14F2N2O2S. The lowest BCUT2D eigenvalue weighted by Gasteiger charge is -2.21. The molecule has 0 radical (unpaired) electrons. The zero-order valence-electron chi connectivity index (χ0n) is 11.5. The number of primary amides is 1. The molecule has 0 atom stereocenters. The molecule has 7 heteroatoms. The Labute approximate surface area is 130 Å². The highest BCUT2D eigenvalue weighted by atomic mass is 32.1. The van der Waals surface area contributed by atoms with Crippen LogP contribution in [0.5, 0.6) is 0 Å². The topological polar surface area (TPSA) is 63.4 Å². The van der Waals surface area contributed by atoms with Gasteiger partial charge in [-0.15, -0.1) is 11.3 Å². The first-order chi connectivity index (χ1) is 10.5. The van der Waals surface area contributed by atoms with Crippen molar-refractivity contribution in [3.8, 4) is 0 Å². The van der Waals surface area contributed by atoms with Gasteiger partial charge in [-0.25, -0.2) is 8.78 Å². The number of benzene rings is 1. The molecule has 0 aliphatic rings. The number of nitrogens with zero attached hydrogens (tertiary/aromatic N) is 1. The van der Waals surface area contributed by atoms with E-state index in [0.717, 1.165) is 21.8 Å². The summed E-state index contributed by atoms with van der Waals surface area (Å²) in [5.41, 5.74) is 6.08. The molecule has 4 nitrogen and oxygen atoms in total. The Morgan fingerprint density at radius 2 is 1.91 bits per heavy atom. The number of hydrogen-bond acceptors (Lipinski definition) is 3. The molecule has 0 spiro atoms. The molecule has 1 heterocycles. The maximum Gasteiger partial charge on any atom is 0.264 e. The van der Waals surface area contributed by atoms with Gasteiger partial charge in [0.1, 0.15) is 0 Å². The molecule has 0 saturated carbocycles. The molecule has 2 amide bonds. The number of halogens is 2. The zero-order chi connectivity index (χ0) is 16.1. The molecule has 116 valence electrons. The summed E-state index contributed by atoms with van der Waals surface area (Å²) in [6.07, 6.45) is -2.64. The molecule has 1 aromatic carbocycles. The Morgan fingerprint density at radius 1 is 1.23 bits per heavy atom. The van der Waals surface area contributed by atoms with Crippen LogP contribution < -0.4 is 5.73 Å². The van der Waals surface area contributed by atoms with Crippen LogP contribution in [0, 0.1) is 0 Å². The van der Waals surface area contributed by atoms with Crippen LogP contribution in [0.25, 0.3) is 0 Å². The van der Waals surface area contributed by atoms with Gasteiger partial charge >= 0.3 is 0 Å². The Bertz CT molecular complexity index is 659. The highest BCUT2D eigenvalue weighted by molar-refractivity contribution is 7.12. The van der Waals surface area contributed by atoms with Crippen molar-refractivity contribution in [2.24, 2.45) is 5.73 Å². The number of rotatable bonds is 6. The van der Waals surface area contributed by atoms with Gasteiger partial charge < -0.3 is 10.6 Å². The van der Waals surface area contributed by atoms with Crippen molar-refractivity contribution < 1.29 is 18.4 Å². The summed E-state index contributed by atoms with van der Waals surface area (Å²) in [4.78, 5) is 24.7. The SMILES string of the molecule is NC(=O)c1csc(C(=O)N(Cc2ccccc2)CC(F)F)c1. The second-order valence-electron chi connectivity index (χ2n) is 4.63. The van der Waals surface area contributed by atoms with Crippen molar-refractivity contribution in [3.63, 3.8) is 0 Å². The highest BCUT2D eigenvalue weighted by Crippen LogP contribution is 2.19. The number of carbonyl (C=O) groups excluding carboxylic acids is 2. The van der Waals surface area contributed by atoms with Gasteiger partial charge in [-0.1, -0.05) is 30.3 Å². The van der Waals surface area contributed by atoms with Crippen LogP contribution in [0.3, 0.4) is 0 Å².